The summed E-state index contributed by atoms with van der Waals surface area (Å²) in [5.74, 6) is -2.73. The standard InChI is InChI=1S/C15H16F3N5O/c16-15(17,18)12-4-2-1-3-11(12)14(24)22-10-5-6-13(20-7-10)23-9-19-8-21-23/h5-9,11-12H,1-4H2,(H,22,24)/t11-,12-/m0/s1. The van der Waals surface area contributed by atoms with Crippen molar-refractivity contribution in [1.29, 1.82) is 0 Å². The van der Waals surface area contributed by atoms with Crippen LogP contribution in [0.3, 0.4) is 0 Å². The molecular formula is C15H16F3N5O. The van der Waals surface area contributed by atoms with Crippen molar-refractivity contribution in [3.63, 3.8) is 0 Å². The largest absolute Gasteiger partial charge is 0.392 e. The van der Waals surface area contributed by atoms with Crippen LogP contribution in [-0.4, -0.2) is 31.8 Å². The molecule has 1 fully saturated rings. The van der Waals surface area contributed by atoms with Crippen LogP contribution in [0.15, 0.2) is 31.0 Å². The van der Waals surface area contributed by atoms with Crippen LogP contribution in [0, 0.1) is 11.8 Å². The van der Waals surface area contributed by atoms with E-state index in [4.69, 9.17) is 0 Å². The number of aromatic nitrogens is 4. The highest BCUT2D eigenvalue weighted by atomic mass is 19.4. The number of nitrogens with zero attached hydrogens (tertiary/aromatic N) is 4. The van der Waals surface area contributed by atoms with Crippen LogP contribution < -0.4 is 5.32 Å². The van der Waals surface area contributed by atoms with Gasteiger partial charge >= 0.3 is 6.18 Å². The summed E-state index contributed by atoms with van der Waals surface area (Å²) >= 11 is 0. The molecule has 2 aromatic rings. The van der Waals surface area contributed by atoms with Crippen molar-refractivity contribution in [2.45, 2.75) is 31.9 Å². The van der Waals surface area contributed by atoms with E-state index in [2.05, 4.69) is 20.4 Å². The van der Waals surface area contributed by atoms with Gasteiger partial charge < -0.3 is 5.32 Å². The first-order valence-electron chi connectivity index (χ1n) is 7.64. The van der Waals surface area contributed by atoms with Gasteiger partial charge in [-0.2, -0.15) is 18.3 Å². The summed E-state index contributed by atoms with van der Waals surface area (Å²) in [6, 6.07) is 3.18. The molecule has 0 aromatic carbocycles. The van der Waals surface area contributed by atoms with E-state index >= 15 is 0 Å². The lowest BCUT2D eigenvalue weighted by atomic mass is 9.78. The number of carbonyl (C=O) groups excluding carboxylic acids is 1. The van der Waals surface area contributed by atoms with Crippen molar-refractivity contribution in [3.05, 3.63) is 31.0 Å². The number of carbonyl (C=O) groups is 1. The number of pyridine rings is 1. The summed E-state index contributed by atoms with van der Waals surface area (Å²) < 4.78 is 40.7. The summed E-state index contributed by atoms with van der Waals surface area (Å²) in [4.78, 5) is 20.2. The normalized spacial score (nSPS) is 21.5. The number of hydrogen-bond donors (Lipinski definition) is 1. The van der Waals surface area contributed by atoms with Gasteiger partial charge in [-0.05, 0) is 25.0 Å². The SMILES string of the molecule is O=C(Nc1ccc(-n2cncn2)nc1)[C@H]1CCCC[C@@H]1C(F)(F)F. The molecule has 0 aliphatic heterocycles. The minimum absolute atomic E-state index is 0.00503. The summed E-state index contributed by atoms with van der Waals surface area (Å²) in [5.41, 5.74) is 0.357. The van der Waals surface area contributed by atoms with Crippen LogP contribution in [0.1, 0.15) is 25.7 Å². The molecule has 1 aliphatic rings. The van der Waals surface area contributed by atoms with Crippen molar-refractivity contribution >= 4 is 11.6 Å². The van der Waals surface area contributed by atoms with Crippen LogP contribution in [0.2, 0.25) is 0 Å². The van der Waals surface area contributed by atoms with Crippen LogP contribution in [0.5, 0.6) is 0 Å². The maximum atomic E-state index is 13.1. The van der Waals surface area contributed by atoms with E-state index in [0.29, 0.717) is 24.3 Å². The molecular weight excluding hydrogens is 323 g/mol. The molecule has 2 aromatic heterocycles. The molecule has 128 valence electrons. The molecule has 2 atom stereocenters. The van der Waals surface area contributed by atoms with Gasteiger partial charge in [0, 0.05) is 5.92 Å². The summed E-state index contributed by atoms with van der Waals surface area (Å²) in [6.45, 7) is 0. The lowest BCUT2D eigenvalue weighted by Gasteiger charge is -2.31. The van der Waals surface area contributed by atoms with E-state index in [0.717, 1.165) is 0 Å². The minimum Gasteiger partial charge on any atom is -0.324 e. The zero-order chi connectivity index (χ0) is 17.2. The predicted octanol–water partition coefficient (Wildman–Crippen LogP) is 2.97. The molecule has 2 heterocycles. The van der Waals surface area contributed by atoms with Crippen molar-refractivity contribution < 1.29 is 18.0 Å². The first-order valence-corrected chi connectivity index (χ1v) is 7.64. The Hall–Kier alpha value is -2.45. The average molecular weight is 339 g/mol. The van der Waals surface area contributed by atoms with Gasteiger partial charge in [-0.25, -0.2) is 14.6 Å². The molecule has 1 N–H and O–H groups in total. The Balaban J connectivity index is 1.69. The Bertz CT molecular complexity index is 684. The molecule has 0 saturated heterocycles. The number of halogens is 3. The molecule has 1 amide bonds. The van der Waals surface area contributed by atoms with Crippen LogP contribution in [0.4, 0.5) is 18.9 Å². The van der Waals surface area contributed by atoms with Gasteiger partial charge in [0.25, 0.3) is 0 Å². The predicted molar refractivity (Wildman–Crippen MR) is 79.3 cm³/mol. The fourth-order valence-electron chi connectivity index (χ4n) is 2.99. The second-order valence-electron chi connectivity index (χ2n) is 5.77. The van der Waals surface area contributed by atoms with E-state index in [-0.39, 0.29) is 12.8 Å². The topological polar surface area (TPSA) is 72.7 Å². The molecule has 0 radical (unpaired) electrons. The van der Waals surface area contributed by atoms with Crippen LogP contribution in [0.25, 0.3) is 5.82 Å². The lowest BCUT2D eigenvalue weighted by Crippen LogP contribution is -2.39. The third-order valence-corrected chi connectivity index (χ3v) is 4.19. The second-order valence-corrected chi connectivity index (χ2v) is 5.77. The molecule has 6 nitrogen and oxygen atoms in total. The minimum atomic E-state index is -4.35. The van der Waals surface area contributed by atoms with Crippen LogP contribution in [-0.2, 0) is 4.79 Å². The first-order chi connectivity index (χ1) is 11.4. The Morgan fingerprint density at radius 3 is 2.67 bits per heavy atom. The number of rotatable bonds is 3. The highest BCUT2D eigenvalue weighted by molar-refractivity contribution is 5.92. The maximum Gasteiger partial charge on any atom is 0.392 e. The van der Waals surface area contributed by atoms with Gasteiger partial charge in [0.1, 0.15) is 12.7 Å². The van der Waals surface area contributed by atoms with E-state index in [1.807, 2.05) is 0 Å². The Kier molecular flexibility index (Phi) is 4.50. The van der Waals surface area contributed by atoms with Gasteiger partial charge in [-0.1, -0.05) is 12.8 Å². The fourth-order valence-corrected chi connectivity index (χ4v) is 2.99. The van der Waals surface area contributed by atoms with E-state index in [1.54, 1.807) is 12.1 Å². The smallest absolute Gasteiger partial charge is 0.324 e. The lowest BCUT2D eigenvalue weighted by molar-refractivity contribution is -0.197. The molecule has 1 aliphatic carbocycles. The van der Waals surface area contributed by atoms with Crippen LogP contribution >= 0.6 is 0 Å². The summed E-state index contributed by atoms with van der Waals surface area (Å²) in [6.07, 6.45) is 1.26. The van der Waals surface area contributed by atoms with Crippen molar-refractivity contribution in [3.8, 4) is 5.82 Å². The fraction of sp³-hybridized carbons (Fsp3) is 0.467. The van der Waals surface area contributed by atoms with Gasteiger partial charge in [-0.15, -0.1) is 0 Å². The number of alkyl halides is 3. The average Bonchev–Trinajstić information content (AvgIpc) is 3.09. The third kappa shape index (κ3) is 3.55. The van der Waals surface area contributed by atoms with Gasteiger partial charge in [0.2, 0.25) is 5.91 Å². The molecule has 3 rings (SSSR count). The molecule has 0 spiro atoms. The quantitative estimate of drug-likeness (QED) is 0.933. The summed E-state index contributed by atoms with van der Waals surface area (Å²) in [5, 5.41) is 6.46. The van der Waals surface area contributed by atoms with E-state index in [9.17, 15) is 18.0 Å². The van der Waals surface area contributed by atoms with Crippen molar-refractivity contribution in [1.82, 2.24) is 19.7 Å². The number of hydrogen-bond acceptors (Lipinski definition) is 4. The highest BCUT2D eigenvalue weighted by Crippen LogP contribution is 2.41. The number of anilines is 1. The molecule has 0 unspecified atom stereocenters. The van der Waals surface area contributed by atoms with E-state index in [1.165, 1.54) is 23.5 Å². The summed E-state index contributed by atoms with van der Waals surface area (Å²) in [7, 11) is 0. The van der Waals surface area contributed by atoms with Gasteiger partial charge in [0.15, 0.2) is 5.82 Å². The zero-order valence-corrected chi connectivity index (χ0v) is 12.7. The molecule has 1 saturated carbocycles. The molecule has 9 heteroatoms. The molecule has 24 heavy (non-hydrogen) atoms. The van der Waals surface area contributed by atoms with Crippen molar-refractivity contribution in [2.24, 2.45) is 11.8 Å². The number of nitrogens with one attached hydrogen (secondary N) is 1. The van der Waals surface area contributed by atoms with Gasteiger partial charge in [-0.3, -0.25) is 4.79 Å². The first kappa shape index (κ1) is 16.4. The number of amides is 1. The monoisotopic (exact) mass is 339 g/mol. The Morgan fingerprint density at radius 2 is 2.04 bits per heavy atom. The maximum absolute atomic E-state index is 13.1. The Morgan fingerprint density at radius 1 is 1.25 bits per heavy atom. The van der Waals surface area contributed by atoms with Crippen molar-refractivity contribution in [2.75, 3.05) is 5.32 Å². The third-order valence-electron chi connectivity index (χ3n) is 4.19. The molecule has 0 bridgehead atoms. The van der Waals surface area contributed by atoms with Gasteiger partial charge in [0.05, 0.1) is 17.8 Å². The highest BCUT2D eigenvalue weighted by Gasteiger charge is 2.48. The van der Waals surface area contributed by atoms with E-state index < -0.39 is 23.9 Å². The second kappa shape index (κ2) is 6.58. The zero-order valence-electron chi connectivity index (χ0n) is 12.7. The Labute approximate surface area is 136 Å².